The van der Waals surface area contributed by atoms with Crippen molar-refractivity contribution in [1.82, 2.24) is 10.3 Å². The highest BCUT2D eigenvalue weighted by Crippen LogP contribution is 2.29. The molecule has 2 rings (SSSR count). The summed E-state index contributed by atoms with van der Waals surface area (Å²) < 4.78 is 0. The van der Waals surface area contributed by atoms with Crippen molar-refractivity contribution in [2.45, 2.75) is 32.4 Å². The number of nitrogens with two attached hydrogens (primary N) is 1. The van der Waals surface area contributed by atoms with Gasteiger partial charge < -0.3 is 0 Å². The van der Waals surface area contributed by atoms with E-state index in [1.165, 1.54) is 29.1 Å². The fourth-order valence-corrected chi connectivity index (χ4v) is 2.73. The van der Waals surface area contributed by atoms with Crippen LogP contribution in [0.4, 0.5) is 0 Å². The van der Waals surface area contributed by atoms with Crippen molar-refractivity contribution in [1.29, 1.82) is 0 Å². The molecule has 0 aliphatic heterocycles. The van der Waals surface area contributed by atoms with E-state index in [2.05, 4.69) is 17.2 Å². The first kappa shape index (κ1) is 11.6. The molecule has 1 aliphatic carbocycles. The standard InChI is InChI=1S/C11H17N3OS/c1-2-14(8-3-4-8)7-9-5-6-10(16-9)11(15)13-12/h5-6,8H,2-4,7,12H2,1H3,(H,13,15). The molecule has 0 radical (unpaired) electrons. The normalized spacial score (nSPS) is 15.4. The molecule has 1 heterocycles. The minimum absolute atomic E-state index is 0.203. The molecular formula is C11H17N3OS. The topological polar surface area (TPSA) is 58.4 Å². The molecule has 1 amide bonds. The summed E-state index contributed by atoms with van der Waals surface area (Å²) in [5.74, 6) is 4.89. The summed E-state index contributed by atoms with van der Waals surface area (Å²) in [7, 11) is 0. The van der Waals surface area contributed by atoms with Crippen molar-refractivity contribution >= 4 is 17.2 Å². The summed E-state index contributed by atoms with van der Waals surface area (Å²) >= 11 is 1.52. The highest BCUT2D eigenvalue weighted by atomic mass is 32.1. The molecular weight excluding hydrogens is 222 g/mol. The summed E-state index contributed by atoms with van der Waals surface area (Å²) in [6.07, 6.45) is 2.63. The molecule has 1 fully saturated rings. The molecule has 1 aromatic heterocycles. The Morgan fingerprint density at radius 2 is 2.38 bits per heavy atom. The Morgan fingerprint density at radius 3 is 2.94 bits per heavy atom. The van der Waals surface area contributed by atoms with Gasteiger partial charge in [-0.3, -0.25) is 15.1 Å². The second kappa shape index (κ2) is 4.95. The van der Waals surface area contributed by atoms with E-state index in [-0.39, 0.29) is 5.91 Å². The molecule has 0 saturated heterocycles. The van der Waals surface area contributed by atoms with Crippen LogP contribution in [0.2, 0.25) is 0 Å². The van der Waals surface area contributed by atoms with Gasteiger partial charge in [0.25, 0.3) is 5.91 Å². The van der Waals surface area contributed by atoms with E-state index in [4.69, 9.17) is 5.84 Å². The molecule has 3 N–H and O–H groups in total. The van der Waals surface area contributed by atoms with Crippen LogP contribution in [-0.2, 0) is 6.54 Å². The quantitative estimate of drug-likeness (QED) is 0.463. The molecule has 1 aromatic rings. The highest BCUT2D eigenvalue weighted by molar-refractivity contribution is 7.14. The first-order valence-electron chi connectivity index (χ1n) is 5.58. The maximum absolute atomic E-state index is 11.3. The van der Waals surface area contributed by atoms with E-state index in [9.17, 15) is 4.79 Å². The number of hydrogen-bond acceptors (Lipinski definition) is 4. The minimum atomic E-state index is -0.203. The first-order chi connectivity index (χ1) is 7.74. The summed E-state index contributed by atoms with van der Waals surface area (Å²) in [5, 5.41) is 0. The first-order valence-corrected chi connectivity index (χ1v) is 6.40. The lowest BCUT2D eigenvalue weighted by atomic mass is 10.3. The van der Waals surface area contributed by atoms with Gasteiger partial charge in [-0.1, -0.05) is 6.92 Å². The molecule has 88 valence electrons. The lowest BCUT2D eigenvalue weighted by Gasteiger charge is -2.18. The molecule has 0 aromatic carbocycles. The molecule has 16 heavy (non-hydrogen) atoms. The van der Waals surface area contributed by atoms with Gasteiger partial charge in [0.05, 0.1) is 4.88 Å². The Morgan fingerprint density at radius 1 is 1.62 bits per heavy atom. The fraction of sp³-hybridized carbons (Fsp3) is 0.545. The number of nitrogens with one attached hydrogen (secondary N) is 1. The van der Waals surface area contributed by atoms with Gasteiger partial charge >= 0.3 is 0 Å². The minimum Gasteiger partial charge on any atom is -0.296 e. The maximum atomic E-state index is 11.3. The van der Waals surface area contributed by atoms with E-state index in [1.54, 1.807) is 0 Å². The molecule has 0 atom stereocenters. The van der Waals surface area contributed by atoms with Gasteiger partial charge in [-0.15, -0.1) is 11.3 Å². The third-order valence-corrected chi connectivity index (χ3v) is 3.91. The maximum Gasteiger partial charge on any atom is 0.275 e. The third-order valence-electron chi connectivity index (χ3n) is 2.84. The molecule has 1 aliphatic rings. The van der Waals surface area contributed by atoms with Gasteiger partial charge in [-0.2, -0.15) is 0 Å². The number of nitrogens with zero attached hydrogens (tertiary/aromatic N) is 1. The predicted octanol–water partition coefficient (Wildman–Crippen LogP) is 1.34. The molecule has 0 bridgehead atoms. The molecule has 1 saturated carbocycles. The Labute approximate surface area is 99.4 Å². The Bertz CT molecular complexity index is 373. The Hall–Kier alpha value is -0.910. The number of amides is 1. The highest BCUT2D eigenvalue weighted by Gasteiger charge is 2.27. The SMILES string of the molecule is CCN(Cc1ccc(C(=O)NN)s1)C1CC1. The lowest BCUT2D eigenvalue weighted by molar-refractivity contribution is 0.0957. The second-order valence-electron chi connectivity index (χ2n) is 4.03. The van der Waals surface area contributed by atoms with Crippen molar-refractivity contribution in [2.75, 3.05) is 6.54 Å². The van der Waals surface area contributed by atoms with Crippen molar-refractivity contribution in [3.05, 3.63) is 21.9 Å². The van der Waals surface area contributed by atoms with E-state index in [1.807, 2.05) is 12.1 Å². The number of rotatable bonds is 5. The molecule has 4 nitrogen and oxygen atoms in total. The summed E-state index contributed by atoms with van der Waals surface area (Å²) in [5.41, 5.74) is 2.15. The Kier molecular flexibility index (Phi) is 3.58. The van der Waals surface area contributed by atoms with E-state index in [0.29, 0.717) is 4.88 Å². The van der Waals surface area contributed by atoms with E-state index < -0.39 is 0 Å². The third kappa shape index (κ3) is 2.61. The number of carbonyl (C=O) groups is 1. The van der Waals surface area contributed by atoms with Crippen LogP contribution in [0.3, 0.4) is 0 Å². The van der Waals surface area contributed by atoms with Crippen molar-refractivity contribution < 1.29 is 4.79 Å². The lowest BCUT2D eigenvalue weighted by Crippen LogP contribution is -2.29. The molecule has 0 unspecified atom stereocenters. The average Bonchev–Trinajstić information content (AvgIpc) is 3.04. The number of hydrazine groups is 1. The second-order valence-corrected chi connectivity index (χ2v) is 5.20. The van der Waals surface area contributed by atoms with Gasteiger partial charge in [-0.05, 0) is 31.5 Å². The van der Waals surface area contributed by atoms with Crippen LogP contribution in [0, 0.1) is 0 Å². The number of nitrogen functional groups attached to an aromatic ring is 1. The molecule has 5 heteroatoms. The smallest absolute Gasteiger partial charge is 0.275 e. The van der Waals surface area contributed by atoms with Crippen LogP contribution in [-0.4, -0.2) is 23.4 Å². The van der Waals surface area contributed by atoms with Crippen LogP contribution in [0.25, 0.3) is 0 Å². The van der Waals surface area contributed by atoms with Crippen LogP contribution in [0.15, 0.2) is 12.1 Å². The van der Waals surface area contributed by atoms with Gasteiger partial charge in [-0.25, -0.2) is 5.84 Å². The van der Waals surface area contributed by atoms with Crippen LogP contribution < -0.4 is 11.3 Å². The number of thiophene rings is 1. The van der Waals surface area contributed by atoms with Crippen LogP contribution in [0.5, 0.6) is 0 Å². The van der Waals surface area contributed by atoms with Crippen LogP contribution >= 0.6 is 11.3 Å². The molecule has 0 spiro atoms. The van der Waals surface area contributed by atoms with Gasteiger partial charge in [0.15, 0.2) is 0 Å². The van der Waals surface area contributed by atoms with Crippen molar-refractivity contribution in [2.24, 2.45) is 5.84 Å². The van der Waals surface area contributed by atoms with E-state index >= 15 is 0 Å². The number of hydrogen-bond donors (Lipinski definition) is 2. The van der Waals surface area contributed by atoms with Crippen LogP contribution in [0.1, 0.15) is 34.3 Å². The predicted molar refractivity (Wildman–Crippen MR) is 65.1 cm³/mol. The number of carbonyl (C=O) groups excluding carboxylic acids is 1. The largest absolute Gasteiger partial charge is 0.296 e. The van der Waals surface area contributed by atoms with Gasteiger partial charge in [0.2, 0.25) is 0 Å². The van der Waals surface area contributed by atoms with Gasteiger partial charge in [0.1, 0.15) is 0 Å². The summed E-state index contributed by atoms with van der Waals surface area (Å²) in [4.78, 5) is 15.7. The fourth-order valence-electron chi connectivity index (χ4n) is 1.80. The zero-order chi connectivity index (χ0) is 11.5. The Balaban J connectivity index is 1.98. The van der Waals surface area contributed by atoms with Crippen molar-refractivity contribution in [3.8, 4) is 0 Å². The monoisotopic (exact) mass is 239 g/mol. The van der Waals surface area contributed by atoms with Gasteiger partial charge in [0, 0.05) is 17.5 Å². The summed E-state index contributed by atoms with van der Waals surface area (Å²) in [6, 6.07) is 4.61. The van der Waals surface area contributed by atoms with E-state index in [0.717, 1.165) is 19.1 Å². The zero-order valence-corrected chi connectivity index (χ0v) is 10.2. The zero-order valence-electron chi connectivity index (χ0n) is 9.40. The average molecular weight is 239 g/mol. The summed E-state index contributed by atoms with van der Waals surface area (Å²) in [6.45, 7) is 4.20. The van der Waals surface area contributed by atoms with Crippen molar-refractivity contribution in [3.63, 3.8) is 0 Å².